The fourth-order valence-corrected chi connectivity index (χ4v) is 3.42. The molecule has 2 rings (SSSR count). The average Bonchev–Trinajstić information content (AvgIpc) is 2.91. The van der Waals surface area contributed by atoms with Gasteiger partial charge < -0.3 is 5.32 Å². The predicted octanol–water partition coefficient (Wildman–Crippen LogP) is 5.10. The highest BCUT2D eigenvalue weighted by molar-refractivity contribution is 9.10. The maximum atomic E-state index is 3.74. The first kappa shape index (κ1) is 14.8. The molecule has 0 saturated heterocycles. The Hall–Kier alpha value is -0.640. The molecule has 19 heavy (non-hydrogen) atoms. The number of thiophene rings is 1. The van der Waals surface area contributed by atoms with E-state index < -0.39 is 0 Å². The second kappa shape index (κ2) is 7.22. The van der Waals surface area contributed by atoms with Crippen molar-refractivity contribution in [2.24, 2.45) is 0 Å². The summed E-state index contributed by atoms with van der Waals surface area (Å²) < 4.78 is 1.24. The SMILES string of the molecule is CCCNC(Cc1ccsc1)c1cccc(C)c1Br. The number of aryl methyl sites for hydroxylation is 1. The van der Waals surface area contributed by atoms with Gasteiger partial charge in [0.25, 0.3) is 0 Å². The molecule has 1 nitrogen and oxygen atoms in total. The van der Waals surface area contributed by atoms with Gasteiger partial charge in [-0.05, 0) is 59.8 Å². The van der Waals surface area contributed by atoms with Gasteiger partial charge in [-0.2, -0.15) is 11.3 Å². The molecule has 0 bridgehead atoms. The van der Waals surface area contributed by atoms with Crippen LogP contribution in [0.3, 0.4) is 0 Å². The lowest BCUT2D eigenvalue weighted by Gasteiger charge is -2.21. The van der Waals surface area contributed by atoms with Gasteiger partial charge >= 0.3 is 0 Å². The van der Waals surface area contributed by atoms with E-state index in [0.29, 0.717) is 6.04 Å². The topological polar surface area (TPSA) is 12.0 Å². The van der Waals surface area contributed by atoms with Crippen LogP contribution in [0.1, 0.15) is 36.1 Å². The summed E-state index contributed by atoms with van der Waals surface area (Å²) in [6, 6.07) is 9.11. The van der Waals surface area contributed by atoms with Gasteiger partial charge in [0.15, 0.2) is 0 Å². The van der Waals surface area contributed by atoms with Crippen molar-refractivity contribution in [3.63, 3.8) is 0 Å². The Kier molecular flexibility index (Phi) is 5.61. The Morgan fingerprint density at radius 3 is 2.84 bits per heavy atom. The van der Waals surface area contributed by atoms with E-state index in [-0.39, 0.29) is 0 Å². The van der Waals surface area contributed by atoms with E-state index in [1.165, 1.54) is 21.2 Å². The van der Waals surface area contributed by atoms with Crippen LogP contribution in [0.15, 0.2) is 39.5 Å². The van der Waals surface area contributed by atoms with Crippen LogP contribution < -0.4 is 5.32 Å². The zero-order valence-electron chi connectivity index (χ0n) is 11.4. The Morgan fingerprint density at radius 1 is 1.32 bits per heavy atom. The van der Waals surface area contributed by atoms with E-state index in [0.717, 1.165) is 19.4 Å². The van der Waals surface area contributed by atoms with Gasteiger partial charge in [-0.25, -0.2) is 0 Å². The number of halogens is 1. The van der Waals surface area contributed by atoms with Crippen molar-refractivity contribution >= 4 is 27.3 Å². The summed E-state index contributed by atoms with van der Waals surface area (Å²) in [5.41, 5.74) is 4.07. The molecule has 102 valence electrons. The molecule has 3 heteroatoms. The van der Waals surface area contributed by atoms with Crippen LogP contribution in [0.5, 0.6) is 0 Å². The third kappa shape index (κ3) is 3.91. The second-order valence-corrected chi connectivity index (χ2v) is 6.39. The van der Waals surface area contributed by atoms with E-state index >= 15 is 0 Å². The summed E-state index contributed by atoms with van der Waals surface area (Å²) in [5.74, 6) is 0. The first-order valence-corrected chi connectivity index (χ1v) is 8.45. The van der Waals surface area contributed by atoms with E-state index in [2.05, 4.69) is 70.1 Å². The van der Waals surface area contributed by atoms with Gasteiger partial charge in [0.2, 0.25) is 0 Å². The van der Waals surface area contributed by atoms with Crippen LogP contribution >= 0.6 is 27.3 Å². The molecule has 0 radical (unpaired) electrons. The monoisotopic (exact) mass is 337 g/mol. The number of hydrogen-bond acceptors (Lipinski definition) is 2. The Labute approximate surface area is 128 Å². The van der Waals surface area contributed by atoms with E-state index in [9.17, 15) is 0 Å². The third-order valence-electron chi connectivity index (χ3n) is 3.26. The van der Waals surface area contributed by atoms with E-state index in [1.54, 1.807) is 11.3 Å². The number of rotatable bonds is 6. The molecule has 0 amide bonds. The van der Waals surface area contributed by atoms with Crippen molar-refractivity contribution in [1.82, 2.24) is 5.32 Å². The molecule has 1 aromatic carbocycles. The Morgan fingerprint density at radius 2 is 2.16 bits per heavy atom. The number of nitrogens with one attached hydrogen (secondary N) is 1. The summed E-state index contributed by atoms with van der Waals surface area (Å²) >= 11 is 5.51. The molecule has 1 N–H and O–H groups in total. The normalized spacial score (nSPS) is 12.6. The predicted molar refractivity (Wildman–Crippen MR) is 87.9 cm³/mol. The van der Waals surface area contributed by atoms with Crippen molar-refractivity contribution in [2.45, 2.75) is 32.7 Å². The first-order valence-electron chi connectivity index (χ1n) is 6.71. The highest BCUT2D eigenvalue weighted by Crippen LogP contribution is 2.29. The summed E-state index contributed by atoms with van der Waals surface area (Å²) in [6.07, 6.45) is 2.20. The van der Waals surface area contributed by atoms with Gasteiger partial charge in [-0.15, -0.1) is 0 Å². The van der Waals surface area contributed by atoms with Gasteiger partial charge in [-0.3, -0.25) is 0 Å². The Balaban J connectivity index is 2.23. The molecule has 0 saturated carbocycles. The molecular weight excluding hydrogens is 318 g/mol. The molecule has 2 aromatic rings. The molecule has 1 atom stereocenters. The minimum absolute atomic E-state index is 0.379. The zero-order chi connectivity index (χ0) is 13.7. The zero-order valence-corrected chi connectivity index (χ0v) is 13.9. The van der Waals surface area contributed by atoms with Crippen molar-refractivity contribution in [2.75, 3.05) is 6.54 Å². The number of benzene rings is 1. The van der Waals surface area contributed by atoms with Crippen LogP contribution in [0.4, 0.5) is 0 Å². The molecule has 0 aliphatic carbocycles. The minimum Gasteiger partial charge on any atom is -0.310 e. The van der Waals surface area contributed by atoms with Crippen molar-refractivity contribution in [3.05, 3.63) is 56.2 Å². The highest BCUT2D eigenvalue weighted by Gasteiger charge is 2.15. The standard InChI is InChI=1S/C16H20BrNS/c1-3-8-18-15(10-13-7-9-19-11-13)14-6-4-5-12(2)16(14)17/h4-7,9,11,15,18H,3,8,10H2,1-2H3. The van der Waals surface area contributed by atoms with Crippen LogP contribution in [-0.4, -0.2) is 6.54 Å². The van der Waals surface area contributed by atoms with Crippen LogP contribution in [0.25, 0.3) is 0 Å². The fraction of sp³-hybridized carbons (Fsp3) is 0.375. The molecule has 1 unspecified atom stereocenters. The second-order valence-electron chi connectivity index (χ2n) is 4.82. The van der Waals surface area contributed by atoms with E-state index in [1.807, 2.05) is 0 Å². The third-order valence-corrected chi connectivity index (χ3v) is 5.07. The van der Waals surface area contributed by atoms with Crippen LogP contribution in [-0.2, 0) is 6.42 Å². The lowest BCUT2D eigenvalue weighted by atomic mass is 9.99. The summed E-state index contributed by atoms with van der Waals surface area (Å²) in [4.78, 5) is 0. The molecule has 1 heterocycles. The number of hydrogen-bond donors (Lipinski definition) is 1. The summed E-state index contributed by atoms with van der Waals surface area (Å²) in [6.45, 7) is 5.41. The van der Waals surface area contributed by atoms with Crippen molar-refractivity contribution in [1.29, 1.82) is 0 Å². The molecule has 0 aliphatic rings. The molecule has 1 aromatic heterocycles. The molecule has 0 fully saturated rings. The van der Waals surface area contributed by atoms with Crippen LogP contribution in [0.2, 0.25) is 0 Å². The lowest BCUT2D eigenvalue weighted by molar-refractivity contribution is 0.528. The Bertz CT molecular complexity index is 507. The maximum absolute atomic E-state index is 3.74. The largest absolute Gasteiger partial charge is 0.310 e. The minimum atomic E-state index is 0.379. The first-order chi connectivity index (χ1) is 9.22. The van der Waals surface area contributed by atoms with E-state index in [4.69, 9.17) is 0 Å². The van der Waals surface area contributed by atoms with Gasteiger partial charge in [-0.1, -0.05) is 41.1 Å². The van der Waals surface area contributed by atoms with Gasteiger partial charge in [0.05, 0.1) is 0 Å². The quantitative estimate of drug-likeness (QED) is 0.772. The molecule has 0 aliphatic heterocycles. The summed E-state index contributed by atoms with van der Waals surface area (Å²) in [5, 5.41) is 8.06. The molecule has 0 spiro atoms. The molecular formula is C16H20BrNS. The van der Waals surface area contributed by atoms with Crippen molar-refractivity contribution < 1.29 is 0 Å². The van der Waals surface area contributed by atoms with Gasteiger partial charge in [0.1, 0.15) is 0 Å². The van der Waals surface area contributed by atoms with Crippen LogP contribution in [0, 0.1) is 6.92 Å². The average molecular weight is 338 g/mol. The van der Waals surface area contributed by atoms with Gasteiger partial charge in [0, 0.05) is 10.5 Å². The lowest BCUT2D eigenvalue weighted by Crippen LogP contribution is -2.24. The highest BCUT2D eigenvalue weighted by atomic mass is 79.9. The smallest absolute Gasteiger partial charge is 0.0372 e. The van der Waals surface area contributed by atoms with Crippen molar-refractivity contribution in [3.8, 4) is 0 Å². The fourth-order valence-electron chi connectivity index (χ4n) is 2.19. The summed E-state index contributed by atoms with van der Waals surface area (Å²) in [7, 11) is 0. The maximum Gasteiger partial charge on any atom is 0.0372 e.